The summed E-state index contributed by atoms with van der Waals surface area (Å²) in [4.78, 5) is 13.6. The quantitative estimate of drug-likeness (QED) is 0.783. The Balaban J connectivity index is 2.33. The minimum absolute atomic E-state index is 0.129. The molecule has 1 fully saturated rings. The van der Waals surface area contributed by atoms with Crippen LogP contribution < -0.4 is 0 Å². The van der Waals surface area contributed by atoms with Crippen molar-refractivity contribution in [1.82, 2.24) is 4.90 Å². The van der Waals surface area contributed by atoms with E-state index in [1.165, 1.54) is 0 Å². The van der Waals surface area contributed by atoms with E-state index in [2.05, 4.69) is 20.8 Å². The number of carbonyl (C=O) groups excluding carboxylic acids is 1. The Morgan fingerprint density at radius 2 is 2.20 bits per heavy atom. The van der Waals surface area contributed by atoms with Gasteiger partial charge in [-0.3, -0.25) is 4.79 Å². The van der Waals surface area contributed by atoms with Gasteiger partial charge in [-0.1, -0.05) is 20.8 Å². The van der Waals surface area contributed by atoms with Crippen molar-refractivity contribution in [1.29, 1.82) is 0 Å². The number of carbonyl (C=O) groups is 1. The second kappa shape index (κ2) is 5.21. The highest BCUT2D eigenvalue weighted by Crippen LogP contribution is 2.23. The molecule has 1 saturated heterocycles. The van der Waals surface area contributed by atoms with Gasteiger partial charge in [-0.05, 0) is 12.8 Å². The van der Waals surface area contributed by atoms with E-state index >= 15 is 0 Å². The Kier molecular flexibility index (Phi) is 4.46. The van der Waals surface area contributed by atoms with Crippen LogP contribution in [0.1, 0.15) is 33.6 Å². The molecule has 1 heterocycles. The van der Waals surface area contributed by atoms with Gasteiger partial charge in [0.05, 0.1) is 11.9 Å². The molecule has 1 aliphatic heterocycles. The van der Waals surface area contributed by atoms with Crippen molar-refractivity contribution in [2.24, 2.45) is 0 Å². The lowest BCUT2D eigenvalue weighted by atomic mass is 10.1. The Bertz CT molecular complexity index is 225. The van der Waals surface area contributed by atoms with E-state index in [-0.39, 0.29) is 16.8 Å². The molecule has 0 aromatic rings. The van der Waals surface area contributed by atoms with E-state index in [0.29, 0.717) is 12.3 Å². The number of thioether (sulfide) groups is 1. The Morgan fingerprint density at radius 3 is 2.73 bits per heavy atom. The predicted octanol–water partition coefficient (Wildman–Crippen LogP) is 1.50. The van der Waals surface area contributed by atoms with Crippen molar-refractivity contribution in [3.63, 3.8) is 0 Å². The second-order valence-electron chi connectivity index (χ2n) is 5.04. The SMILES string of the molecule is CC(C)(C)SCC(=O)N1CCC[C@@H](O)C1. The van der Waals surface area contributed by atoms with Crippen LogP contribution in [0.25, 0.3) is 0 Å². The molecule has 1 N–H and O–H groups in total. The molecule has 1 aliphatic rings. The van der Waals surface area contributed by atoms with E-state index in [4.69, 9.17) is 0 Å². The summed E-state index contributed by atoms with van der Waals surface area (Å²) in [7, 11) is 0. The zero-order valence-electron chi connectivity index (χ0n) is 9.82. The monoisotopic (exact) mass is 231 g/mol. The van der Waals surface area contributed by atoms with Crippen molar-refractivity contribution >= 4 is 17.7 Å². The third kappa shape index (κ3) is 4.89. The molecule has 0 aliphatic carbocycles. The predicted molar refractivity (Wildman–Crippen MR) is 64.0 cm³/mol. The molecule has 15 heavy (non-hydrogen) atoms. The first-order chi connectivity index (χ1) is 6.88. The zero-order chi connectivity index (χ0) is 11.5. The zero-order valence-corrected chi connectivity index (χ0v) is 10.6. The molecule has 1 rings (SSSR count). The summed E-state index contributed by atoms with van der Waals surface area (Å²) in [6.07, 6.45) is 1.44. The normalized spacial score (nSPS) is 22.9. The van der Waals surface area contributed by atoms with E-state index in [0.717, 1.165) is 19.4 Å². The van der Waals surface area contributed by atoms with Gasteiger partial charge < -0.3 is 10.0 Å². The summed E-state index contributed by atoms with van der Waals surface area (Å²) < 4.78 is 0.129. The number of piperidine rings is 1. The first kappa shape index (κ1) is 12.8. The van der Waals surface area contributed by atoms with E-state index in [1.807, 2.05) is 0 Å². The van der Waals surface area contributed by atoms with Crippen LogP contribution in [0.4, 0.5) is 0 Å². The van der Waals surface area contributed by atoms with Crippen LogP contribution in [0, 0.1) is 0 Å². The molecule has 0 bridgehead atoms. The van der Waals surface area contributed by atoms with Crippen LogP contribution in [0.2, 0.25) is 0 Å². The van der Waals surface area contributed by atoms with Crippen molar-refractivity contribution in [2.75, 3.05) is 18.8 Å². The summed E-state index contributed by atoms with van der Waals surface area (Å²) in [5.74, 6) is 0.685. The highest BCUT2D eigenvalue weighted by Gasteiger charge is 2.23. The largest absolute Gasteiger partial charge is 0.391 e. The molecular formula is C11H21NO2S. The Labute approximate surface area is 96.2 Å². The number of hydrogen-bond acceptors (Lipinski definition) is 3. The van der Waals surface area contributed by atoms with Crippen molar-refractivity contribution in [3.8, 4) is 0 Å². The van der Waals surface area contributed by atoms with Gasteiger partial charge in [-0.2, -0.15) is 0 Å². The number of aliphatic hydroxyl groups is 1. The lowest BCUT2D eigenvalue weighted by molar-refractivity contribution is -0.131. The highest BCUT2D eigenvalue weighted by atomic mass is 32.2. The topological polar surface area (TPSA) is 40.5 Å². The number of rotatable bonds is 2. The Hall–Kier alpha value is -0.220. The van der Waals surface area contributed by atoms with Gasteiger partial charge in [-0.15, -0.1) is 11.8 Å². The van der Waals surface area contributed by atoms with Crippen LogP contribution in [-0.4, -0.2) is 45.6 Å². The maximum atomic E-state index is 11.8. The molecule has 3 nitrogen and oxygen atoms in total. The number of β-amino-alcohol motifs (C(OH)–C–C–N with tert-alkyl or cyclic N) is 1. The Morgan fingerprint density at radius 1 is 1.53 bits per heavy atom. The fourth-order valence-corrected chi connectivity index (χ4v) is 2.29. The number of likely N-dealkylation sites (tertiary alicyclic amines) is 1. The summed E-state index contributed by atoms with van der Waals surface area (Å²) in [5.41, 5.74) is 0. The molecule has 0 spiro atoms. The molecule has 0 radical (unpaired) electrons. The second-order valence-corrected chi connectivity index (χ2v) is 6.84. The molecule has 0 aromatic carbocycles. The summed E-state index contributed by atoms with van der Waals surface area (Å²) in [6.45, 7) is 7.64. The van der Waals surface area contributed by atoms with Gasteiger partial charge in [0, 0.05) is 17.8 Å². The van der Waals surface area contributed by atoms with Crippen LogP contribution in [0.5, 0.6) is 0 Å². The third-order valence-electron chi connectivity index (χ3n) is 2.38. The highest BCUT2D eigenvalue weighted by molar-refractivity contribution is 8.01. The first-order valence-electron chi connectivity index (χ1n) is 5.48. The average Bonchev–Trinajstić information content (AvgIpc) is 2.13. The van der Waals surface area contributed by atoms with Gasteiger partial charge in [0.2, 0.25) is 5.91 Å². The van der Waals surface area contributed by atoms with Crippen molar-refractivity contribution in [3.05, 3.63) is 0 Å². The molecule has 0 unspecified atom stereocenters. The number of nitrogens with zero attached hydrogens (tertiary/aromatic N) is 1. The molecule has 0 aromatic heterocycles. The van der Waals surface area contributed by atoms with E-state index in [9.17, 15) is 9.90 Å². The summed E-state index contributed by atoms with van der Waals surface area (Å²) >= 11 is 1.66. The first-order valence-corrected chi connectivity index (χ1v) is 6.47. The fraction of sp³-hybridized carbons (Fsp3) is 0.909. The van der Waals surface area contributed by atoms with Gasteiger partial charge >= 0.3 is 0 Å². The van der Waals surface area contributed by atoms with Crippen LogP contribution in [0.3, 0.4) is 0 Å². The van der Waals surface area contributed by atoms with Crippen LogP contribution in [0.15, 0.2) is 0 Å². The number of aliphatic hydroxyl groups excluding tert-OH is 1. The maximum absolute atomic E-state index is 11.8. The van der Waals surface area contributed by atoms with Gasteiger partial charge in [0.1, 0.15) is 0 Å². The van der Waals surface area contributed by atoms with Crippen molar-refractivity contribution < 1.29 is 9.90 Å². The van der Waals surface area contributed by atoms with Gasteiger partial charge in [0.25, 0.3) is 0 Å². The van der Waals surface area contributed by atoms with E-state index < -0.39 is 0 Å². The smallest absolute Gasteiger partial charge is 0.232 e. The lowest BCUT2D eigenvalue weighted by Gasteiger charge is -2.30. The molecule has 1 atom stereocenters. The van der Waals surface area contributed by atoms with Gasteiger partial charge in [-0.25, -0.2) is 0 Å². The minimum atomic E-state index is -0.317. The maximum Gasteiger partial charge on any atom is 0.232 e. The summed E-state index contributed by atoms with van der Waals surface area (Å²) in [5, 5.41) is 9.46. The molecular weight excluding hydrogens is 210 g/mol. The summed E-state index contributed by atoms with van der Waals surface area (Å²) in [6, 6.07) is 0. The fourth-order valence-electron chi connectivity index (χ4n) is 1.55. The van der Waals surface area contributed by atoms with Crippen LogP contribution >= 0.6 is 11.8 Å². The van der Waals surface area contributed by atoms with E-state index in [1.54, 1.807) is 16.7 Å². The van der Waals surface area contributed by atoms with Crippen LogP contribution in [-0.2, 0) is 4.79 Å². The molecule has 1 amide bonds. The standard InChI is InChI=1S/C11H21NO2S/c1-11(2,3)15-8-10(14)12-6-4-5-9(13)7-12/h9,13H,4-8H2,1-3H3/t9-/m1/s1. The van der Waals surface area contributed by atoms with Crippen molar-refractivity contribution in [2.45, 2.75) is 44.5 Å². The minimum Gasteiger partial charge on any atom is -0.391 e. The molecule has 88 valence electrons. The third-order valence-corrected chi connectivity index (χ3v) is 3.64. The lowest BCUT2D eigenvalue weighted by Crippen LogP contribution is -2.43. The number of hydrogen-bond donors (Lipinski definition) is 1. The average molecular weight is 231 g/mol. The molecule has 4 heteroatoms. The number of amides is 1. The van der Waals surface area contributed by atoms with Gasteiger partial charge in [0.15, 0.2) is 0 Å². The molecule has 0 saturated carbocycles.